The molecule has 2 N–H and O–H groups in total. The summed E-state index contributed by atoms with van der Waals surface area (Å²) in [6.45, 7) is 0. The summed E-state index contributed by atoms with van der Waals surface area (Å²) in [4.78, 5) is 20.6. The first-order valence-electron chi connectivity index (χ1n) is 6.90. The number of carbonyl (C=O) groups is 1. The number of hydrogen-bond acceptors (Lipinski definition) is 5. The highest BCUT2D eigenvalue weighted by atomic mass is 35.5. The van der Waals surface area contributed by atoms with Crippen molar-refractivity contribution in [3.8, 4) is 0 Å². The molecule has 126 valence electrons. The summed E-state index contributed by atoms with van der Waals surface area (Å²) < 4.78 is 27.2. The Bertz CT molecular complexity index is 728. The second-order valence-corrected chi connectivity index (χ2v) is 7.47. The van der Waals surface area contributed by atoms with Crippen LogP contribution < -0.4 is 4.72 Å². The van der Waals surface area contributed by atoms with Gasteiger partial charge in [0, 0.05) is 18.2 Å². The maximum absolute atomic E-state index is 12.3. The lowest BCUT2D eigenvalue weighted by atomic mass is 9.87. The Morgan fingerprint density at radius 2 is 1.91 bits per heavy atom. The third kappa shape index (κ3) is 4.18. The number of carboxylic acid groups (broad SMARTS) is 1. The molecule has 0 bridgehead atoms. The Balaban J connectivity index is 2.11. The molecule has 0 aliphatic heterocycles. The zero-order valence-electron chi connectivity index (χ0n) is 11.9. The Labute approximate surface area is 137 Å². The zero-order valence-corrected chi connectivity index (χ0v) is 13.5. The molecule has 0 heterocycles. The summed E-state index contributed by atoms with van der Waals surface area (Å²) in [6.07, 6.45) is 1.63. The van der Waals surface area contributed by atoms with Crippen molar-refractivity contribution >= 4 is 33.3 Å². The molecule has 0 unspecified atom stereocenters. The lowest BCUT2D eigenvalue weighted by Crippen LogP contribution is -2.38. The minimum Gasteiger partial charge on any atom is -0.481 e. The summed E-state index contributed by atoms with van der Waals surface area (Å²) in [5.74, 6) is -1.32. The molecular weight excluding hydrogens is 348 g/mol. The fraction of sp³-hybridized carbons (Fsp3) is 0.462. The lowest BCUT2D eigenvalue weighted by molar-refractivity contribution is -0.384. The van der Waals surface area contributed by atoms with Crippen LogP contribution in [0.5, 0.6) is 0 Å². The first kappa shape index (κ1) is 17.6. The minimum absolute atomic E-state index is 0.231. The van der Waals surface area contributed by atoms with Crippen LogP contribution in [-0.2, 0) is 14.8 Å². The number of nitrogens with one attached hydrogen (secondary N) is 1. The molecule has 0 radical (unpaired) electrons. The van der Waals surface area contributed by atoms with Crippen LogP contribution in [0.25, 0.3) is 0 Å². The predicted octanol–water partition coefficient (Wildman–Crippen LogP) is 2.17. The van der Waals surface area contributed by atoms with E-state index in [1.807, 2.05) is 0 Å². The van der Waals surface area contributed by atoms with Crippen molar-refractivity contribution in [2.75, 3.05) is 0 Å². The Kier molecular flexibility index (Phi) is 5.23. The fourth-order valence-electron chi connectivity index (χ4n) is 2.56. The van der Waals surface area contributed by atoms with Gasteiger partial charge < -0.3 is 5.11 Å². The number of non-ortho nitro benzene ring substituents is 1. The molecule has 10 heteroatoms. The van der Waals surface area contributed by atoms with Gasteiger partial charge in [-0.2, -0.15) is 0 Å². The summed E-state index contributed by atoms with van der Waals surface area (Å²) in [5.41, 5.74) is -0.295. The maximum atomic E-state index is 12.3. The number of nitro groups is 1. The summed E-state index contributed by atoms with van der Waals surface area (Å²) in [6, 6.07) is 2.77. The number of carboxylic acids is 1. The molecule has 1 aromatic carbocycles. The Morgan fingerprint density at radius 1 is 1.30 bits per heavy atom. The van der Waals surface area contributed by atoms with Crippen molar-refractivity contribution in [1.29, 1.82) is 0 Å². The maximum Gasteiger partial charge on any atom is 0.306 e. The number of sulfonamides is 1. The second-order valence-electron chi connectivity index (χ2n) is 5.38. The van der Waals surface area contributed by atoms with Crippen molar-refractivity contribution < 1.29 is 23.2 Å². The van der Waals surface area contributed by atoms with Crippen LogP contribution in [0.15, 0.2) is 23.1 Å². The molecule has 1 aliphatic carbocycles. The zero-order chi connectivity index (χ0) is 17.2. The van der Waals surface area contributed by atoms with Crippen LogP contribution >= 0.6 is 11.6 Å². The summed E-state index contributed by atoms with van der Waals surface area (Å²) >= 11 is 5.84. The number of benzene rings is 1. The number of hydrogen-bond donors (Lipinski definition) is 2. The highest BCUT2D eigenvalue weighted by molar-refractivity contribution is 7.89. The van der Waals surface area contributed by atoms with Gasteiger partial charge in [0.15, 0.2) is 0 Å². The Hall–Kier alpha value is -1.71. The van der Waals surface area contributed by atoms with Crippen LogP contribution in [0, 0.1) is 16.0 Å². The quantitative estimate of drug-likeness (QED) is 0.610. The van der Waals surface area contributed by atoms with E-state index in [4.69, 9.17) is 16.7 Å². The molecule has 0 saturated heterocycles. The van der Waals surface area contributed by atoms with Crippen LogP contribution in [-0.4, -0.2) is 30.5 Å². The van der Waals surface area contributed by atoms with Gasteiger partial charge in [-0.15, -0.1) is 0 Å². The van der Waals surface area contributed by atoms with Crippen LogP contribution in [0.1, 0.15) is 25.7 Å². The number of aliphatic carboxylic acids is 1. The van der Waals surface area contributed by atoms with Gasteiger partial charge in [0.2, 0.25) is 10.0 Å². The van der Waals surface area contributed by atoms with Gasteiger partial charge >= 0.3 is 5.97 Å². The molecule has 1 aliphatic rings. The fourth-order valence-corrected chi connectivity index (χ4v) is 4.41. The van der Waals surface area contributed by atoms with Crippen LogP contribution in [0.3, 0.4) is 0 Å². The number of nitrogens with zero attached hydrogens (tertiary/aromatic N) is 1. The summed E-state index contributed by atoms with van der Waals surface area (Å²) in [5, 5.41) is 19.4. The molecule has 0 atom stereocenters. The third-order valence-corrected chi connectivity index (χ3v) is 5.82. The SMILES string of the molecule is O=C(O)C1CCC(NS(=O)(=O)c2ccc([N+](=O)[O-])cc2Cl)CC1. The van der Waals surface area contributed by atoms with E-state index in [9.17, 15) is 23.3 Å². The van der Waals surface area contributed by atoms with Gasteiger partial charge in [-0.1, -0.05) is 11.6 Å². The molecule has 0 spiro atoms. The van der Waals surface area contributed by atoms with Gasteiger partial charge in [0.1, 0.15) is 4.90 Å². The van der Waals surface area contributed by atoms with Gasteiger partial charge in [-0.05, 0) is 31.7 Å². The van der Waals surface area contributed by atoms with Crippen molar-refractivity contribution in [2.24, 2.45) is 5.92 Å². The first-order chi connectivity index (χ1) is 10.7. The van der Waals surface area contributed by atoms with Gasteiger partial charge in [0.25, 0.3) is 5.69 Å². The predicted molar refractivity (Wildman–Crippen MR) is 81.8 cm³/mol. The average Bonchev–Trinajstić information content (AvgIpc) is 2.46. The molecule has 0 amide bonds. The lowest BCUT2D eigenvalue weighted by Gasteiger charge is -2.26. The number of nitro benzene ring substituents is 1. The largest absolute Gasteiger partial charge is 0.481 e. The average molecular weight is 363 g/mol. The topological polar surface area (TPSA) is 127 Å². The molecule has 8 nitrogen and oxygen atoms in total. The highest BCUT2D eigenvalue weighted by Gasteiger charge is 2.30. The van der Waals surface area contributed by atoms with E-state index in [1.54, 1.807) is 0 Å². The number of rotatable bonds is 5. The van der Waals surface area contributed by atoms with Crippen molar-refractivity contribution in [3.05, 3.63) is 33.3 Å². The van der Waals surface area contributed by atoms with Crippen LogP contribution in [0.4, 0.5) is 5.69 Å². The number of halogens is 1. The Morgan fingerprint density at radius 3 is 2.39 bits per heavy atom. The monoisotopic (exact) mass is 362 g/mol. The molecule has 1 fully saturated rings. The summed E-state index contributed by atoms with van der Waals surface area (Å²) in [7, 11) is -3.92. The van der Waals surface area contributed by atoms with E-state index >= 15 is 0 Å². The van der Waals surface area contributed by atoms with E-state index < -0.39 is 26.8 Å². The molecule has 2 rings (SSSR count). The third-order valence-electron chi connectivity index (χ3n) is 3.81. The minimum atomic E-state index is -3.92. The second kappa shape index (κ2) is 6.81. The van der Waals surface area contributed by atoms with Crippen molar-refractivity contribution in [3.63, 3.8) is 0 Å². The first-order valence-corrected chi connectivity index (χ1v) is 8.76. The van der Waals surface area contributed by atoms with Gasteiger partial charge in [0.05, 0.1) is 15.9 Å². The smallest absolute Gasteiger partial charge is 0.306 e. The van der Waals surface area contributed by atoms with E-state index in [2.05, 4.69) is 4.72 Å². The molecule has 1 aromatic rings. The van der Waals surface area contributed by atoms with E-state index in [0.717, 1.165) is 18.2 Å². The van der Waals surface area contributed by atoms with Crippen molar-refractivity contribution in [2.45, 2.75) is 36.6 Å². The normalized spacial score (nSPS) is 21.8. The van der Waals surface area contributed by atoms with E-state index in [-0.39, 0.29) is 21.6 Å². The molecule has 0 aromatic heterocycles. The molecule has 23 heavy (non-hydrogen) atoms. The van der Waals surface area contributed by atoms with Gasteiger partial charge in [-0.25, -0.2) is 13.1 Å². The van der Waals surface area contributed by atoms with E-state index in [1.165, 1.54) is 0 Å². The molecule has 1 saturated carbocycles. The standard InChI is InChI=1S/C13H15ClN2O6S/c14-11-7-10(16(19)20)5-6-12(11)23(21,22)15-9-3-1-8(2-4-9)13(17)18/h5-9,15H,1-4H2,(H,17,18). The van der Waals surface area contributed by atoms with Crippen LogP contribution in [0.2, 0.25) is 5.02 Å². The van der Waals surface area contributed by atoms with E-state index in [0.29, 0.717) is 25.7 Å². The van der Waals surface area contributed by atoms with Gasteiger partial charge in [-0.3, -0.25) is 14.9 Å². The van der Waals surface area contributed by atoms with Crippen molar-refractivity contribution in [1.82, 2.24) is 4.72 Å². The highest BCUT2D eigenvalue weighted by Crippen LogP contribution is 2.29. The molecular formula is C13H15ClN2O6S.